The number of nitriles is 1. The largest absolute Gasteiger partial charge is 0.382 e. The minimum atomic E-state index is -0.368. The van der Waals surface area contributed by atoms with Crippen LogP contribution in [0.3, 0.4) is 0 Å². The van der Waals surface area contributed by atoms with Gasteiger partial charge in [0, 0.05) is 20.2 Å². The molecule has 1 saturated heterocycles. The van der Waals surface area contributed by atoms with Gasteiger partial charge in [-0.3, -0.25) is 0 Å². The third kappa shape index (κ3) is 2.78. The molecule has 1 heterocycles. The Balaban J connectivity index is 2.13. The summed E-state index contributed by atoms with van der Waals surface area (Å²) < 4.78 is 24.4. The van der Waals surface area contributed by atoms with Crippen molar-refractivity contribution in [3.63, 3.8) is 0 Å². The van der Waals surface area contributed by atoms with Crippen LogP contribution in [0.25, 0.3) is 0 Å². The summed E-state index contributed by atoms with van der Waals surface area (Å²) in [6.07, 6.45) is -0.0428. The van der Waals surface area contributed by atoms with Crippen molar-refractivity contribution < 1.29 is 13.9 Å². The Morgan fingerprint density at radius 1 is 1.61 bits per heavy atom. The molecule has 2 rings (SSSR count). The molecule has 1 fully saturated rings. The Morgan fingerprint density at radius 3 is 3.11 bits per heavy atom. The summed E-state index contributed by atoms with van der Waals surface area (Å²) in [5, 5.41) is 8.71. The predicted octanol–water partition coefficient (Wildman–Crippen LogP) is 1.55. The normalized spacial score (nSPS) is 19.6. The van der Waals surface area contributed by atoms with Crippen molar-refractivity contribution in [2.75, 3.05) is 38.3 Å². The molecule has 1 aliphatic heterocycles. The molecule has 0 aliphatic carbocycles. The maximum absolute atomic E-state index is 13.9. The van der Waals surface area contributed by atoms with E-state index in [9.17, 15) is 4.39 Å². The summed E-state index contributed by atoms with van der Waals surface area (Å²) >= 11 is 0. The van der Waals surface area contributed by atoms with E-state index >= 15 is 0 Å². The quantitative estimate of drug-likeness (QED) is 0.816. The predicted molar refractivity (Wildman–Crippen MR) is 64.9 cm³/mol. The zero-order valence-corrected chi connectivity index (χ0v) is 10.2. The zero-order valence-electron chi connectivity index (χ0n) is 10.2. The van der Waals surface area contributed by atoms with E-state index in [0.29, 0.717) is 37.6 Å². The van der Waals surface area contributed by atoms with Gasteiger partial charge in [-0.1, -0.05) is 0 Å². The lowest BCUT2D eigenvalue weighted by molar-refractivity contribution is -0.0102. The first kappa shape index (κ1) is 12.8. The Morgan fingerprint density at radius 2 is 2.44 bits per heavy atom. The van der Waals surface area contributed by atoms with Crippen LogP contribution in [-0.4, -0.2) is 39.5 Å². The van der Waals surface area contributed by atoms with Gasteiger partial charge in [0.1, 0.15) is 5.82 Å². The average molecular weight is 250 g/mol. The van der Waals surface area contributed by atoms with E-state index in [1.807, 2.05) is 11.0 Å². The summed E-state index contributed by atoms with van der Waals surface area (Å²) in [6.45, 7) is 2.28. The van der Waals surface area contributed by atoms with Crippen molar-refractivity contribution in [2.45, 2.75) is 6.10 Å². The number of hydrogen-bond donors (Lipinski definition) is 0. The number of hydrogen-bond acceptors (Lipinski definition) is 4. The zero-order chi connectivity index (χ0) is 13.0. The van der Waals surface area contributed by atoms with Crippen molar-refractivity contribution in [3.05, 3.63) is 29.6 Å². The first-order valence-corrected chi connectivity index (χ1v) is 5.79. The summed E-state index contributed by atoms with van der Waals surface area (Å²) in [7, 11) is 1.62. The molecule has 1 aromatic carbocycles. The second kappa shape index (κ2) is 5.80. The van der Waals surface area contributed by atoms with Gasteiger partial charge in [0.25, 0.3) is 0 Å². The molecule has 1 aromatic rings. The van der Waals surface area contributed by atoms with Crippen molar-refractivity contribution in [3.8, 4) is 6.07 Å². The molecule has 1 aliphatic rings. The minimum Gasteiger partial charge on any atom is -0.382 e. The molecule has 18 heavy (non-hydrogen) atoms. The number of nitrogens with zero attached hydrogens (tertiary/aromatic N) is 2. The van der Waals surface area contributed by atoms with Gasteiger partial charge in [0.2, 0.25) is 0 Å². The average Bonchev–Trinajstić information content (AvgIpc) is 2.39. The Hall–Kier alpha value is -1.64. The molecule has 0 spiro atoms. The summed E-state index contributed by atoms with van der Waals surface area (Å²) in [4.78, 5) is 1.92. The SMILES string of the molecule is COCC1CN(c2ccc(C#N)cc2F)CCO1. The molecule has 0 aromatic heterocycles. The second-order valence-corrected chi connectivity index (χ2v) is 4.17. The third-order valence-electron chi connectivity index (χ3n) is 2.91. The summed E-state index contributed by atoms with van der Waals surface area (Å²) in [6, 6.07) is 6.45. The van der Waals surface area contributed by atoms with E-state index in [1.54, 1.807) is 19.2 Å². The molecule has 0 bridgehead atoms. The number of benzene rings is 1. The highest BCUT2D eigenvalue weighted by Gasteiger charge is 2.22. The maximum Gasteiger partial charge on any atom is 0.147 e. The van der Waals surface area contributed by atoms with Crippen molar-refractivity contribution in [1.29, 1.82) is 5.26 Å². The summed E-state index contributed by atoms with van der Waals surface area (Å²) in [5.41, 5.74) is 0.844. The first-order valence-electron chi connectivity index (χ1n) is 5.79. The lowest BCUT2D eigenvalue weighted by atomic mass is 10.1. The monoisotopic (exact) mass is 250 g/mol. The second-order valence-electron chi connectivity index (χ2n) is 4.17. The van der Waals surface area contributed by atoms with E-state index in [1.165, 1.54) is 6.07 Å². The highest BCUT2D eigenvalue weighted by Crippen LogP contribution is 2.22. The standard InChI is InChI=1S/C13H15FN2O2/c1-17-9-11-8-16(4-5-18-11)13-3-2-10(7-15)6-12(13)14/h2-3,6,11H,4-5,8-9H2,1H3. The highest BCUT2D eigenvalue weighted by molar-refractivity contribution is 5.51. The smallest absolute Gasteiger partial charge is 0.147 e. The Labute approximate surface area is 106 Å². The van der Waals surface area contributed by atoms with Crippen LogP contribution in [0.2, 0.25) is 0 Å². The fraction of sp³-hybridized carbons (Fsp3) is 0.462. The molecular formula is C13H15FN2O2. The number of ether oxygens (including phenoxy) is 2. The van der Waals surface area contributed by atoms with Gasteiger partial charge >= 0.3 is 0 Å². The number of methoxy groups -OCH3 is 1. The fourth-order valence-corrected chi connectivity index (χ4v) is 2.06. The molecule has 5 heteroatoms. The van der Waals surface area contributed by atoms with Crippen molar-refractivity contribution >= 4 is 5.69 Å². The van der Waals surface area contributed by atoms with Crippen LogP contribution >= 0.6 is 0 Å². The van der Waals surface area contributed by atoms with Crippen LogP contribution in [0, 0.1) is 17.1 Å². The number of halogens is 1. The first-order chi connectivity index (χ1) is 8.74. The Bertz CT molecular complexity index is 457. The molecule has 0 N–H and O–H groups in total. The van der Waals surface area contributed by atoms with Crippen molar-refractivity contribution in [1.82, 2.24) is 0 Å². The topological polar surface area (TPSA) is 45.5 Å². The van der Waals surface area contributed by atoms with E-state index in [4.69, 9.17) is 14.7 Å². The number of rotatable bonds is 3. The third-order valence-corrected chi connectivity index (χ3v) is 2.91. The number of morpholine rings is 1. The van der Waals surface area contributed by atoms with Gasteiger partial charge in [0.05, 0.1) is 36.6 Å². The molecule has 0 saturated carbocycles. The fourth-order valence-electron chi connectivity index (χ4n) is 2.06. The van der Waals surface area contributed by atoms with Gasteiger partial charge in [-0.05, 0) is 18.2 Å². The molecule has 0 radical (unpaired) electrons. The molecule has 4 nitrogen and oxygen atoms in total. The molecule has 0 amide bonds. The molecule has 1 unspecified atom stereocenters. The van der Waals surface area contributed by atoms with E-state index < -0.39 is 0 Å². The lowest BCUT2D eigenvalue weighted by Crippen LogP contribution is -2.44. The Kier molecular flexibility index (Phi) is 4.13. The minimum absolute atomic E-state index is 0.0428. The highest BCUT2D eigenvalue weighted by atomic mass is 19.1. The summed E-state index contributed by atoms with van der Waals surface area (Å²) in [5.74, 6) is -0.368. The van der Waals surface area contributed by atoms with Crippen LogP contribution in [0.15, 0.2) is 18.2 Å². The van der Waals surface area contributed by atoms with E-state index in [-0.39, 0.29) is 11.9 Å². The van der Waals surface area contributed by atoms with Gasteiger partial charge < -0.3 is 14.4 Å². The van der Waals surface area contributed by atoms with Crippen LogP contribution in [0.4, 0.5) is 10.1 Å². The van der Waals surface area contributed by atoms with Crippen LogP contribution < -0.4 is 4.90 Å². The van der Waals surface area contributed by atoms with Crippen LogP contribution in [0.5, 0.6) is 0 Å². The van der Waals surface area contributed by atoms with Gasteiger partial charge in [-0.25, -0.2) is 4.39 Å². The molecule has 1 atom stereocenters. The van der Waals surface area contributed by atoms with E-state index in [2.05, 4.69) is 0 Å². The molecular weight excluding hydrogens is 235 g/mol. The van der Waals surface area contributed by atoms with Crippen molar-refractivity contribution in [2.24, 2.45) is 0 Å². The lowest BCUT2D eigenvalue weighted by Gasteiger charge is -2.34. The van der Waals surface area contributed by atoms with Gasteiger partial charge in [-0.2, -0.15) is 5.26 Å². The van der Waals surface area contributed by atoms with Gasteiger partial charge in [0.15, 0.2) is 0 Å². The van der Waals surface area contributed by atoms with Crippen LogP contribution in [-0.2, 0) is 9.47 Å². The van der Waals surface area contributed by atoms with Crippen LogP contribution in [0.1, 0.15) is 5.56 Å². The van der Waals surface area contributed by atoms with E-state index in [0.717, 1.165) is 0 Å². The van der Waals surface area contributed by atoms with Gasteiger partial charge in [-0.15, -0.1) is 0 Å². The number of anilines is 1. The maximum atomic E-state index is 13.9. The molecule has 96 valence electrons.